The van der Waals surface area contributed by atoms with Crippen molar-refractivity contribution < 1.29 is 0 Å². The maximum Gasteiger partial charge on any atom is 0.197 e. The summed E-state index contributed by atoms with van der Waals surface area (Å²) in [6.45, 7) is 16.2. The Kier molecular flexibility index (Phi) is 6.61. The molecular weight excluding hydrogens is 671 g/mol. The molecule has 55 heavy (non-hydrogen) atoms. The number of aromatic nitrogens is 3. The zero-order valence-electron chi connectivity index (χ0n) is 29.5. The Hall–Kier alpha value is -7.86. The molecule has 11 aromatic rings. The molecule has 5 heteroatoms. The predicted molar refractivity (Wildman–Crippen MR) is 227 cm³/mol. The summed E-state index contributed by atoms with van der Waals surface area (Å²) < 4.78 is 6.88. The zero-order valence-corrected chi connectivity index (χ0v) is 29.5. The van der Waals surface area contributed by atoms with E-state index in [1.54, 1.807) is 0 Å². The van der Waals surface area contributed by atoms with E-state index in [1.807, 2.05) is 42.5 Å². The maximum atomic E-state index is 8.46. The molecule has 0 bridgehead atoms. The lowest BCUT2D eigenvalue weighted by Gasteiger charge is -2.16. The third-order valence-corrected chi connectivity index (χ3v) is 11.1. The Balaban J connectivity index is 1.10. The van der Waals surface area contributed by atoms with Crippen molar-refractivity contribution in [1.82, 2.24) is 13.7 Å². The highest BCUT2D eigenvalue weighted by Gasteiger charge is 2.20. The summed E-state index contributed by atoms with van der Waals surface area (Å²) in [5.41, 5.74) is 12.5. The Morgan fingerprint density at radius 2 is 0.818 bits per heavy atom. The van der Waals surface area contributed by atoms with Crippen molar-refractivity contribution in [3.63, 3.8) is 0 Å². The minimum Gasteiger partial charge on any atom is -0.311 e. The van der Waals surface area contributed by atoms with E-state index in [-0.39, 0.29) is 0 Å². The lowest BCUT2D eigenvalue weighted by atomic mass is 10.0. The molecule has 0 radical (unpaired) electrons. The van der Waals surface area contributed by atoms with E-state index in [1.165, 1.54) is 21.8 Å². The van der Waals surface area contributed by atoms with Crippen molar-refractivity contribution in [1.29, 1.82) is 0 Å². The van der Waals surface area contributed by atoms with E-state index in [2.05, 4.69) is 157 Å². The summed E-state index contributed by atoms with van der Waals surface area (Å²) in [4.78, 5) is 7.89. The van der Waals surface area contributed by atoms with Crippen molar-refractivity contribution in [3.8, 4) is 28.2 Å². The van der Waals surface area contributed by atoms with Gasteiger partial charge in [-0.1, -0.05) is 109 Å². The first-order valence-electron chi connectivity index (χ1n) is 18.3. The first kappa shape index (κ1) is 30.7. The van der Waals surface area contributed by atoms with Gasteiger partial charge in [0, 0.05) is 49.2 Å². The second kappa shape index (κ2) is 11.8. The van der Waals surface area contributed by atoms with Crippen LogP contribution in [0.1, 0.15) is 0 Å². The second-order valence-electron chi connectivity index (χ2n) is 13.9. The quantitative estimate of drug-likeness (QED) is 0.163. The van der Waals surface area contributed by atoms with E-state index in [4.69, 9.17) is 13.1 Å². The van der Waals surface area contributed by atoms with Crippen LogP contribution in [0.25, 0.3) is 103 Å². The molecular formula is C50H29N5. The van der Waals surface area contributed by atoms with Gasteiger partial charge in [-0.05, 0) is 77.9 Å². The number of rotatable bonds is 4. The van der Waals surface area contributed by atoms with Crippen LogP contribution in [0.4, 0.5) is 11.4 Å². The van der Waals surface area contributed by atoms with Gasteiger partial charge >= 0.3 is 0 Å². The number of para-hydroxylation sites is 5. The molecule has 11 rings (SSSR count). The molecule has 0 atom stereocenters. The van der Waals surface area contributed by atoms with Crippen molar-refractivity contribution in [2.45, 2.75) is 0 Å². The zero-order chi connectivity index (χ0) is 36.6. The van der Waals surface area contributed by atoms with E-state index < -0.39 is 0 Å². The van der Waals surface area contributed by atoms with Crippen LogP contribution < -0.4 is 0 Å². The normalized spacial score (nSPS) is 11.6. The average molecular weight is 700 g/mol. The standard InChI is InChI=1S/C50H29N5/c1-51-32-23-26-41-39-16-6-12-22-48(39)55(50(41)29-32)47-21-11-3-13-36(47)35-27-24-34(31-43(35)52-2)54-46-20-10-7-17-40(46)42-30-33(25-28-49(42)54)53-44-18-8-4-14-37(44)38-15-5-9-19-45(38)53/h3-31H. The molecule has 8 aromatic carbocycles. The predicted octanol–water partition coefficient (Wildman–Crippen LogP) is 13.7. The highest BCUT2D eigenvalue weighted by Crippen LogP contribution is 2.42. The fourth-order valence-corrected chi connectivity index (χ4v) is 8.74. The minimum absolute atomic E-state index is 0.570. The fraction of sp³-hybridized carbons (Fsp3) is 0. The van der Waals surface area contributed by atoms with E-state index in [0.717, 1.165) is 71.8 Å². The van der Waals surface area contributed by atoms with Gasteiger partial charge in [-0.3, -0.25) is 0 Å². The maximum absolute atomic E-state index is 8.46. The largest absolute Gasteiger partial charge is 0.311 e. The van der Waals surface area contributed by atoms with Crippen molar-refractivity contribution in [3.05, 3.63) is 199 Å². The molecule has 0 spiro atoms. The van der Waals surface area contributed by atoms with Crippen LogP contribution >= 0.6 is 0 Å². The monoisotopic (exact) mass is 699 g/mol. The van der Waals surface area contributed by atoms with Gasteiger partial charge in [0.25, 0.3) is 0 Å². The summed E-state index contributed by atoms with van der Waals surface area (Å²) >= 11 is 0. The van der Waals surface area contributed by atoms with Gasteiger partial charge in [0.1, 0.15) is 0 Å². The van der Waals surface area contributed by atoms with Crippen LogP contribution in [0.3, 0.4) is 0 Å². The Bertz CT molecular complexity index is 3420. The molecule has 0 saturated heterocycles. The molecule has 0 aliphatic rings. The molecule has 254 valence electrons. The van der Waals surface area contributed by atoms with Gasteiger partial charge < -0.3 is 13.7 Å². The lowest BCUT2D eigenvalue weighted by Crippen LogP contribution is -1.98. The van der Waals surface area contributed by atoms with Crippen LogP contribution in [0, 0.1) is 13.1 Å². The van der Waals surface area contributed by atoms with E-state index in [0.29, 0.717) is 11.4 Å². The second-order valence-corrected chi connectivity index (χ2v) is 13.9. The van der Waals surface area contributed by atoms with Gasteiger partial charge in [-0.15, -0.1) is 0 Å². The van der Waals surface area contributed by atoms with Crippen molar-refractivity contribution in [2.75, 3.05) is 0 Å². The fourth-order valence-electron chi connectivity index (χ4n) is 8.74. The van der Waals surface area contributed by atoms with Gasteiger partial charge in [0.05, 0.1) is 46.4 Å². The summed E-state index contributed by atoms with van der Waals surface area (Å²) in [6.07, 6.45) is 0. The SMILES string of the molecule is [C-]#[N+]c1ccc2c3ccccc3n(-c3ccccc3-c3ccc(-n4c5ccccc5c5cc(-n6c7ccccc7c7ccccc76)ccc54)cc3[N+]#[C-])c2c1. The number of hydrogen-bond acceptors (Lipinski definition) is 0. The first-order chi connectivity index (χ1) is 27.2. The summed E-state index contributed by atoms with van der Waals surface area (Å²) in [5, 5.41) is 6.99. The van der Waals surface area contributed by atoms with E-state index >= 15 is 0 Å². The minimum atomic E-state index is 0.570. The molecule has 0 amide bonds. The molecule has 0 fully saturated rings. The van der Waals surface area contributed by atoms with Crippen molar-refractivity contribution in [2.24, 2.45) is 0 Å². The Morgan fingerprint density at radius 3 is 1.44 bits per heavy atom. The number of nitrogens with zero attached hydrogens (tertiary/aromatic N) is 5. The third kappa shape index (κ3) is 4.45. The molecule has 0 saturated carbocycles. The van der Waals surface area contributed by atoms with Crippen LogP contribution in [-0.2, 0) is 0 Å². The number of fused-ring (bicyclic) bond motifs is 9. The number of benzene rings is 8. The Labute approximate surface area is 316 Å². The summed E-state index contributed by atoms with van der Waals surface area (Å²) in [5.74, 6) is 0. The van der Waals surface area contributed by atoms with Gasteiger partial charge in [-0.25, -0.2) is 9.69 Å². The van der Waals surface area contributed by atoms with Gasteiger partial charge in [0.15, 0.2) is 11.4 Å². The average Bonchev–Trinajstić information content (AvgIpc) is 3.88. The van der Waals surface area contributed by atoms with Crippen molar-refractivity contribution >= 4 is 76.8 Å². The molecule has 0 unspecified atom stereocenters. The smallest absolute Gasteiger partial charge is 0.197 e. The Morgan fingerprint density at radius 1 is 0.327 bits per heavy atom. The molecule has 0 N–H and O–H groups in total. The molecule has 3 heterocycles. The van der Waals surface area contributed by atoms with Crippen LogP contribution in [0.2, 0.25) is 0 Å². The third-order valence-electron chi connectivity index (χ3n) is 11.1. The van der Waals surface area contributed by atoms with Gasteiger partial charge in [-0.2, -0.15) is 0 Å². The van der Waals surface area contributed by atoms with E-state index in [9.17, 15) is 0 Å². The lowest BCUT2D eigenvalue weighted by molar-refractivity contribution is 1.16. The van der Waals surface area contributed by atoms with Crippen LogP contribution in [-0.4, -0.2) is 13.7 Å². The highest BCUT2D eigenvalue weighted by molar-refractivity contribution is 6.13. The van der Waals surface area contributed by atoms with Crippen LogP contribution in [0.15, 0.2) is 176 Å². The van der Waals surface area contributed by atoms with Crippen LogP contribution in [0.5, 0.6) is 0 Å². The molecule has 0 aliphatic heterocycles. The molecule has 3 aromatic heterocycles. The molecule has 0 aliphatic carbocycles. The highest BCUT2D eigenvalue weighted by atomic mass is 15.0. The summed E-state index contributed by atoms with van der Waals surface area (Å²) in [7, 11) is 0. The number of hydrogen-bond donors (Lipinski definition) is 0. The summed E-state index contributed by atoms with van der Waals surface area (Å²) in [6, 6.07) is 61.2. The first-order valence-corrected chi connectivity index (χ1v) is 18.3. The van der Waals surface area contributed by atoms with Gasteiger partial charge in [0.2, 0.25) is 0 Å². The molecule has 5 nitrogen and oxygen atoms in total. The topological polar surface area (TPSA) is 23.5 Å².